The highest BCUT2D eigenvalue weighted by Gasteiger charge is 2.37. The van der Waals surface area contributed by atoms with Gasteiger partial charge in [-0.2, -0.15) is 13.2 Å². The van der Waals surface area contributed by atoms with Gasteiger partial charge in [0.15, 0.2) is 0 Å². The van der Waals surface area contributed by atoms with E-state index >= 15 is 0 Å². The first-order valence-corrected chi connectivity index (χ1v) is 6.49. The van der Waals surface area contributed by atoms with E-state index in [9.17, 15) is 35.9 Å². The molecule has 0 fully saturated rings. The molecule has 0 aliphatic heterocycles. The summed E-state index contributed by atoms with van der Waals surface area (Å²) >= 11 is 0. The number of esters is 2. The quantitative estimate of drug-likeness (QED) is 0.475. The summed E-state index contributed by atoms with van der Waals surface area (Å²) in [5, 5.41) is 1.99. The van der Waals surface area contributed by atoms with E-state index in [1.807, 2.05) is 5.32 Å². The van der Waals surface area contributed by atoms with E-state index in [0.717, 1.165) is 14.2 Å². The third-order valence-corrected chi connectivity index (χ3v) is 2.67. The van der Waals surface area contributed by atoms with Crippen molar-refractivity contribution in [2.75, 3.05) is 19.5 Å². The van der Waals surface area contributed by atoms with Crippen molar-refractivity contribution in [1.29, 1.82) is 0 Å². The van der Waals surface area contributed by atoms with E-state index in [4.69, 9.17) is 0 Å². The maximum atomic E-state index is 13.1. The zero-order chi connectivity index (χ0) is 20.1. The molecule has 0 aliphatic rings. The molecular formula is C14H11F6NO5. The Morgan fingerprint density at radius 2 is 1.65 bits per heavy atom. The van der Waals surface area contributed by atoms with Crippen LogP contribution in [-0.4, -0.2) is 32.5 Å². The molecule has 1 aromatic rings. The summed E-state index contributed by atoms with van der Waals surface area (Å²) < 4.78 is 87.9. The summed E-state index contributed by atoms with van der Waals surface area (Å²) in [4.78, 5) is 22.8. The predicted molar refractivity (Wildman–Crippen MR) is 73.9 cm³/mol. The number of benzene rings is 1. The van der Waals surface area contributed by atoms with Crippen LogP contribution in [0.4, 0.5) is 32.0 Å². The van der Waals surface area contributed by atoms with Crippen LogP contribution >= 0.6 is 0 Å². The van der Waals surface area contributed by atoms with Gasteiger partial charge < -0.3 is 19.5 Å². The molecule has 6 nitrogen and oxygen atoms in total. The number of anilines is 1. The summed E-state index contributed by atoms with van der Waals surface area (Å²) in [5.41, 5.74) is -3.11. The highest BCUT2D eigenvalue weighted by atomic mass is 19.4. The molecule has 1 N–H and O–H groups in total. The second-order valence-electron chi connectivity index (χ2n) is 4.45. The first-order valence-electron chi connectivity index (χ1n) is 6.49. The number of carbonyl (C=O) groups is 2. The molecule has 0 atom stereocenters. The van der Waals surface area contributed by atoms with E-state index in [0.29, 0.717) is 18.2 Å². The standard InChI is InChI=1S/C14H11F6NO5/c1-24-11(22)6-10(12(23)25-2)21-9-4-3-7(26-14(18,19)20)5-8(9)13(15,16)17/h3-6,21H,1-2H3/b10-6+. The van der Waals surface area contributed by atoms with Crippen LogP contribution in [0.25, 0.3) is 0 Å². The lowest BCUT2D eigenvalue weighted by Crippen LogP contribution is -2.20. The van der Waals surface area contributed by atoms with Crippen molar-refractivity contribution in [1.82, 2.24) is 0 Å². The fraction of sp³-hybridized carbons (Fsp3) is 0.286. The van der Waals surface area contributed by atoms with E-state index in [1.165, 1.54) is 0 Å². The Morgan fingerprint density at radius 1 is 1.04 bits per heavy atom. The topological polar surface area (TPSA) is 73.9 Å². The minimum absolute atomic E-state index is 0.0862. The minimum Gasteiger partial charge on any atom is -0.466 e. The van der Waals surface area contributed by atoms with Crippen molar-refractivity contribution < 1.29 is 50.1 Å². The molecule has 1 aromatic carbocycles. The molecule has 0 radical (unpaired) electrons. The Kier molecular flexibility index (Phi) is 6.48. The molecule has 0 spiro atoms. The van der Waals surface area contributed by atoms with Crippen LogP contribution in [0.2, 0.25) is 0 Å². The molecule has 0 unspecified atom stereocenters. The van der Waals surface area contributed by atoms with Crippen LogP contribution in [0.5, 0.6) is 5.75 Å². The summed E-state index contributed by atoms with van der Waals surface area (Å²) in [6.45, 7) is 0. The van der Waals surface area contributed by atoms with Crippen molar-refractivity contribution in [3.63, 3.8) is 0 Å². The monoisotopic (exact) mass is 387 g/mol. The van der Waals surface area contributed by atoms with E-state index in [1.54, 1.807) is 0 Å². The Bertz CT molecular complexity index is 711. The Balaban J connectivity index is 3.35. The summed E-state index contributed by atoms with van der Waals surface area (Å²) in [5.74, 6) is -3.41. The second-order valence-corrected chi connectivity index (χ2v) is 4.45. The van der Waals surface area contributed by atoms with Crippen molar-refractivity contribution in [2.45, 2.75) is 12.5 Å². The summed E-state index contributed by atoms with van der Waals surface area (Å²) in [6, 6.07) is 1.28. The highest BCUT2D eigenvalue weighted by Crippen LogP contribution is 2.38. The van der Waals surface area contributed by atoms with Gasteiger partial charge in [-0.05, 0) is 18.2 Å². The van der Waals surface area contributed by atoms with Crippen LogP contribution in [0, 0.1) is 0 Å². The van der Waals surface area contributed by atoms with E-state index in [2.05, 4.69) is 14.2 Å². The zero-order valence-electron chi connectivity index (χ0n) is 13.1. The average molecular weight is 387 g/mol. The molecule has 0 aromatic heterocycles. The molecule has 0 aliphatic carbocycles. The van der Waals surface area contributed by atoms with E-state index in [-0.39, 0.29) is 6.07 Å². The molecule has 0 amide bonds. The van der Waals surface area contributed by atoms with Gasteiger partial charge in [0.25, 0.3) is 0 Å². The fourth-order valence-corrected chi connectivity index (χ4v) is 1.64. The van der Waals surface area contributed by atoms with Crippen LogP contribution in [0.1, 0.15) is 5.56 Å². The molecular weight excluding hydrogens is 376 g/mol. The van der Waals surface area contributed by atoms with Gasteiger partial charge >= 0.3 is 24.5 Å². The van der Waals surface area contributed by atoms with E-state index < -0.39 is 47.2 Å². The lowest BCUT2D eigenvalue weighted by molar-refractivity contribution is -0.274. The summed E-state index contributed by atoms with van der Waals surface area (Å²) in [7, 11) is 1.86. The number of ether oxygens (including phenoxy) is 3. The maximum absolute atomic E-state index is 13.1. The Hall–Kier alpha value is -2.92. The largest absolute Gasteiger partial charge is 0.573 e. The molecule has 144 valence electrons. The molecule has 0 bridgehead atoms. The number of rotatable bonds is 5. The van der Waals surface area contributed by atoms with Gasteiger partial charge in [0.1, 0.15) is 11.4 Å². The number of carbonyl (C=O) groups excluding carboxylic acids is 2. The number of alkyl halides is 6. The minimum atomic E-state index is -5.19. The smallest absolute Gasteiger partial charge is 0.466 e. The molecule has 12 heteroatoms. The Morgan fingerprint density at radius 3 is 2.12 bits per heavy atom. The van der Waals surface area contributed by atoms with Gasteiger partial charge in [-0.25, -0.2) is 9.59 Å². The van der Waals surface area contributed by atoms with Gasteiger partial charge in [-0.1, -0.05) is 0 Å². The first kappa shape index (κ1) is 21.1. The summed E-state index contributed by atoms with van der Waals surface area (Å²) in [6.07, 6.45) is -9.77. The second kappa shape index (κ2) is 7.97. The number of halogens is 6. The van der Waals surface area contributed by atoms with Crippen LogP contribution in [0.15, 0.2) is 30.0 Å². The van der Waals surface area contributed by atoms with Gasteiger partial charge in [-0.15, -0.1) is 13.2 Å². The van der Waals surface area contributed by atoms with Crippen LogP contribution in [0.3, 0.4) is 0 Å². The SMILES string of the molecule is COC(=O)/C=C(/Nc1ccc(OC(F)(F)F)cc1C(F)(F)F)C(=O)OC. The van der Waals surface area contributed by atoms with Crippen LogP contribution < -0.4 is 10.1 Å². The molecule has 0 saturated carbocycles. The number of methoxy groups -OCH3 is 2. The van der Waals surface area contributed by atoms with Crippen molar-refractivity contribution in [2.24, 2.45) is 0 Å². The number of hydrogen-bond donors (Lipinski definition) is 1. The van der Waals surface area contributed by atoms with Crippen molar-refractivity contribution >= 4 is 17.6 Å². The first-order chi connectivity index (χ1) is 11.9. The van der Waals surface area contributed by atoms with Gasteiger partial charge in [0, 0.05) is 0 Å². The average Bonchev–Trinajstić information content (AvgIpc) is 2.52. The van der Waals surface area contributed by atoms with Gasteiger partial charge in [0.2, 0.25) is 0 Å². The molecule has 26 heavy (non-hydrogen) atoms. The van der Waals surface area contributed by atoms with Crippen molar-refractivity contribution in [3.8, 4) is 5.75 Å². The van der Waals surface area contributed by atoms with Gasteiger partial charge in [-0.3, -0.25) is 0 Å². The van der Waals surface area contributed by atoms with Gasteiger partial charge in [0.05, 0.1) is 31.5 Å². The maximum Gasteiger partial charge on any atom is 0.573 e. The normalized spacial score (nSPS) is 12.4. The zero-order valence-corrected chi connectivity index (χ0v) is 13.1. The highest BCUT2D eigenvalue weighted by molar-refractivity contribution is 5.98. The van der Waals surface area contributed by atoms with Crippen molar-refractivity contribution in [3.05, 3.63) is 35.5 Å². The predicted octanol–water partition coefficient (Wildman–Crippen LogP) is 3.25. The lowest BCUT2D eigenvalue weighted by Gasteiger charge is -2.17. The number of hydrogen-bond acceptors (Lipinski definition) is 6. The molecule has 0 saturated heterocycles. The fourth-order valence-electron chi connectivity index (χ4n) is 1.64. The molecule has 1 rings (SSSR count). The third kappa shape index (κ3) is 6.18. The Labute approximate surface area is 142 Å². The number of nitrogens with one attached hydrogen (secondary N) is 1. The van der Waals surface area contributed by atoms with Crippen LogP contribution in [-0.2, 0) is 25.2 Å². The third-order valence-electron chi connectivity index (χ3n) is 2.67. The lowest BCUT2D eigenvalue weighted by atomic mass is 10.1. The molecule has 0 heterocycles.